The van der Waals surface area contributed by atoms with Crippen LogP contribution in [0.25, 0.3) is 0 Å². The molecule has 2 aliphatic rings. The molecule has 2 atom stereocenters. The zero-order valence-electron chi connectivity index (χ0n) is 16.3. The standard InChI is InChI=1S/C21H15ClN8S/c1-12-27-28-21(31-12)30-18(14-5-3-2-4-6-14)25-16-17(13-7-9-15(22)10-8-13)29(11-23)20(24)26-19(16)30/h2-10,16-17,24H,1H3/t16-,17-/m1/s1. The minimum Gasteiger partial charge on any atom is -0.266 e. The number of hydrogen-bond acceptors (Lipinski definition) is 7. The number of benzene rings is 2. The number of aromatic nitrogens is 2. The number of aliphatic imine (C=N–C) groups is 2. The molecule has 0 radical (unpaired) electrons. The van der Waals surface area contributed by atoms with Gasteiger partial charge in [0.25, 0.3) is 0 Å². The van der Waals surface area contributed by atoms with Crippen molar-refractivity contribution in [2.24, 2.45) is 9.98 Å². The molecule has 0 amide bonds. The molecule has 5 rings (SSSR count). The number of halogens is 1. The molecule has 152 valence electrons. The molecule has 0 saturated heterocycles. The number of guanidine groups is 1. The van der Waals surface area contributed by atoms with Crippen LogP contribution in [0.4, 0.5) is 5.13 Å². The molecule has 3 aromatic rings. The van der Waals surface area contributed by atoms with Crippen LogP contribution >= 0.6 is 22.9 Å². The third-order valence-electron chi connectivity index (χ3n) is 5.05. The molecule has 31 heavy (non-hydrogen) atoms. The SMILES string of the molecule is Cc1nnc(N2C(c3ccccc3)=N[C@H]3C2=NC(=N)N(C#N)[C@@H]3c2ccc(Cl)cc2)s1. The first-order valence-corrected chi connectivity index (χ1v) is 10.6. The van der Waals surface area contributed by atoms with Crippen molar-refractivity contribution in [2.45, 2.75) is 19.0 Å². The van der Waals surface area contributed by atoms with E-state index in [-0.39, 0.29) is 5.96 Å². The second-order valence-electron chi connectivity index (χ2n) is 6.96. The maximum atomic E-state index is 9.79. The number of nitrogens with one attached hydrogen (secondary N) is 1. The van der Waals surface area contributed by atoms with Crippen molar-refractivity contribution in [3.05, 3.63) is 75.8 Å². The molecule has 0 unspecified atom stereocenters. The van der Waals surface area contributed by atoms with Crippen LogP contribution in [-0.4, -0.2) is 38.8 Å². The molecular weight excluding hydrogens is 432 g/mol. The van der Waals surface area contributed by atoms with Gasteiger partial charge in [-0.15, -0.1) is 10.2 Å². The Morgan fingerprint density at radius 2 is 1.84 bits per heavy atom. The first-order valence-electron chi connectivity index (χ1n) is 9.42. The number of amidine groups is 2. The van der Waals surface area contributed by atoms with Crippen molar-refractivity contribution in [1.82, 2.24) is 15.1 Å². The van der Waals surface area contributed by atoms with Gasteiger partial charge in [-0.3, -0.25) is 15.3 Å². The molecule has 10 heteroatoms. The Labute approximate surface area is 187 Å². The van der Waals surface area contributed by atoms with Gasteiger partial charge in [0.05, 0.1) is 0 Å². The Morgan fingerprint density at radius 1 is 1.10 bits per heavy atom. The summed E-state index contributed by atoms with van der Waals surface area (Å²) in [5.41, 5.74) is 1.71. The quantitative estimate of drug-likeness (QED) is 0.612. The summed E-state index contributed by atoms with van der Waals surface area (Å²) in [4.78, 5) is 12.6. The highest BCUT2D eigenvalue weighted by molar-refractivity contribution is 7.15. The second-order valence-corrected chi connectivity index (χ2v) is 8.56. The van der Waals surface area contributed by atoms with E-state index in [9.17, 15) is 5.26 Å². The number of anilines is 1. The summed E-state index contributed by atoms with van der Waals surface area (Å²) < 4.78 is 0. The maximum Gasteiger partial charge on any atom is 0.233 e. The Bertz CT molecular complexity index is 1260. The second kappa shape index (κ2) is 7.58. The van der Waals surface area contributed by atoms with Gasteiger partial charge >= 0.3 is 0 Å². The van der Waals surface area contributed by atoms with Crippen LogP contribution in [-0.2, 0) is 0 Å². The van der Waals surface area contributed by atoms with E-state index >= 15 is 0 Å². The van der Waals surface area contributed by atoms with Crippen LogP contribution in [0.5, 0.6) is 0 Å². The predicted octanol–water partition coefficient (Wildman–Crippen LogP) is 4.01. The fourth-order valence-electron chi connectivity index (χ4n) is 3.71. The summed E-state index contributed by atoms with van der Waals surface area (Å²) >= 11 is 7.50. The van der Waals surface area contributed by atoms with E-state index in [1.165, 1.54) is 16.2 Å². The molecule has 0 bridgehead atoms. The Kier molecular flexibility index (Phi) is 4.73. The largest absolute Gasteiger partial charge is 0.266 e. The number of rotatable bonds is 3. The Morgan fingerprint density at radius 3 is 2.48 bits per heavy atom. The van der Waals surface area contributed by atoms with Crippen LogP contribution in [0.2, 0.25) is 5.02 Å². The first-order chi connectivity index (χ1) is 15.1. The highest BCUT2D eigenvalue weighted by atomic mass is 35.5. The lowest BCUT2D eigenvalue weighted by Crippen LogP contribution is -2.48. The minimum atomic E-state index is -0.528. The van der Waals surface area contributed by atoms with Crippen LogP contribution in [0.15, 0.2) is 64.6 Å². The van der Waals surface area contributed by atoms with Gasteiger partial charge in [0.1, 0.15) is 28.8 Å². The van der Waals surface area contributed by atoms with Crippen molar-refractivity contribution in [1.29, 1.82) is 10.7 Å². The molecule has 0 fully saturated rings. The highest BCUT2D eigenvalue weighted by Crippen LogP contribution is 2.38. The maximum absolute atomic E-state index is 9.79. The fourth-order valence-corrected chi connectivity index (χ4v) is 4.53. The van der Waals surface area contributed by atoms with Gasteiger partial charge in [0.2, 0.25) is 11.1 Å². The molecule has 1 N–H and O–H groups in total. The lowest BCUT2D eigenvalue weighted by molar-refractivity contribution is 0.390. The first kappa shape index (κ1) is 19.4. The summed E-state index contributed by atoms with van der Waals surface area (Å²) in [6, 6.07) is 15.9. The zero-order valence-corrected chi connectivity index (χ0v) is 17.8. The highest BCUT2D eigenvalue weighted by Gasteiger charge is 2.47. The van der Waals surface area contributed by atoms with Gasteiger partial charge in [0, 0.05) is 10.6 Å². The van der Waals surface area contributed by atoms with E-state index in [0.717, 1.165) is 16.1 Å². The van der Waals surface area contributed by atoms with Crippen LogP contribution in [0.1, 0.15) is 22.2 Å². The normalized spacial score (nSPS) is 20.2. The van der Waals surface area contributed by atoms with Gasteiger partial charge < -0.3 is 0 Å². The average Bonchev–Trinajstić information content (AvgIpc) is 3.37. The van der Waals surface area contributed by atoms with Crippen molar-refractivity contribution in [3.8, 4) is 6.19 Å². The van der Waals surface area contributed by atoms with Gasteiger partial charge in [-0.2, -0.15) is 10.3 Å². The summed E-state index contributed by atoms with van der Waals surface area (Å²) in [5, 5.41) is 28.7. The number of nitrogens with zero attached hydrogens (tertiary/aromatic N) is 7. The fraction of sp³-hybridized carbons (Fsp3) is 0.143. The molecule has 0 spiro atoms. The lowest BCUT2D eigenvalue weighted by Gasteiger charge is -2.34. The monoisotopic (exact) mass is 446 g/mol. The molecule has 8 nitrogen and oxygen atoms in total. The van der Waals surface area contributed by atoms with Crippen molar-refractivity contribution >= 4 is 45.7 Å². The van der Waals surface area contributed by atoms with Gasteiger partial charge in [-0.1, -0.05) is 65.4 Å². The molecule has 3 heterocycles. The van der Waals surface area contributed by atoms with Crippen LogP contribution < -0.4 is 4.90 Å². The van der Waals surface area contributed by atoms with Crippen LogP contribution in [0, 0.1) is 23.8 Å². The molecule has 0 aliphatic carbocycles. The lowest BCUT2D eigenvalue weighted by atomic mass is 9.96. The summed E-state index contributed by atoms with van der Waals surface area (Å²) in [6.07, 6.45) is 2.10. The van der Waals surface area contributed by atoms with Gasteiger partial charge in [-0.25, -0.2) is 4.90 Å². The molecule has 2 aromatic carbocycles. The van der Waals surface area contributed by atoms with E-state index in [1.54, 1.807) is 12.1 Å². The van der Waals surface area contributed by atoms with Crippen molar-refractivity contribution in [3.63, 3.8) is 0 Å². The number of nitriles is 1. The van der Waals surface area contributed by atoms with Crippen LogP contribution in [0.3, 0.4) is 0 Å². The van der Waals surface area contributed by atoms with Crippen molar-refractivity contribution in [2.75, 3.05) is 4.90 Å². The third-order valence-corrected chi connectivity index (χ3v) is 6.13. The Hall–Kier alpha value is -3.61. The number of hydrogen-bond donors (Lipinski definition) is 1. The third kappa shape index (κ3) is 3.26. The summed E-state index contributed by atoms with van der Waals surface area (Å²) in [7, 11) is 0. The predicted molar refractivity (Wildman–Crippen MR) is 121 cm³/mol. The zero-order chi connectivity index (χ0) is 21.5. The number of fused-ring (bicyclic) bond motifs is 1. The molecule has 2 aliphatic heterocycles. The van der Waals surface area contributed by atoms with Gasteiger partial charge in [-0.05, 0) is 24.6 Å². The van der Waals surface area contributed by atoms with E-state index < -0.39 is 12.1 Å². The van der Waals surface area contributed by atoms with E-state index in [0.29, 0.717) is 21.8 Å². The van der Waals surface area contributed by atoms with E-state index in [1.807, 2.05) is 54.3 Å². The molecular formula is C21H15ClN8S. The van der Waals surface area contributed by atoms with Crippen molar-refractivity contribution < 1.29 is 0 Å². The van der Waals surface area contributed by atoms with Gasteiger partial charge in [0.15, 0.2) is 6.19 Å². The molecule has 1 aromatic heterocycles. The minimum absolute atomic E-state index is 0.149. The number of aryl methyl sites for hydroxylation is 1. The van der Waals surface area contributed by atoms with E-state index in [2.05, 4.69) is 21.4 Å². The van der Waals surface area contributed by atoms with E-state index in [4.69, 9.17) is 22.0 Å². The summed E-state index contributed by atoms with van der Waals surface area (Å²) in [5.74, 6) is 1.06. The average molecular weight is 447 g/mol. The smallest absolute Gasteiger partial charge is 0.233 e. The topological polar surface area (TPSA) is 105 Å². The summed E-state index contributed by atoms with van der Waals surface area (Å²) in [6.45, 7) is 1.88. The Balaban J connectivity index is 1.70. The molecule has 0 saturated carbocycles.